The summed E-state index contributed by atoms with van der Waals surface area (Å²) in [6.45, 7) is 2.00. The fourth-order valence-electron chi connectivity index (χ4n) is 1.89. The number of benzene rings is 2. The zero-order valence-corrected chi connectivity index (χ0v) is 11.2. The normalized spacial score (nSPS) is 10.5. The summed E-state index contributed by atoms with van der Waals surface area (Å²) in [5, 5.41) is 14.5. The van der Waals surface area contributed by atoms with Crippen LogP contribution in [0.2, 0.25) is 0 Å². The third kappa shape index (κ3) is 2.64. The summed E-state index contributed by atoms with van der Waals surface area (Å²) in [5.41, 5.74) is 2.68. The van der Waals surface area contributed by atoms with Crippen LogP contribution in [0, 0.1) is 17.0 Å². The minimum absolute atomic E-state index is 0.0287. The number of aryl methyl sites for hydroxylation is 1. The summed E-state index contributed by atoms with van der Waals surface area (Å²) in [5.74, 6) is 0.823. The smallest absolute Gasteiger partial charge is 0.269 e. The molecule has 0 unspecified atom stereocenters. The largest absolute Gasteiger partial charge is 0.334 e. The van der Waals surface area contributed by atoms with Crippen LogP contribution in [0.3, 0.4) is 0 Å². The van der Waals surface area contributed by atoms with Crippen molar-refractivity contribution in [2.45, 2.75) is 6.92 Å². The Labute approximate surface area is 120 Å². The van der Waals surface area contributed by atoms with E-state index in [2.05, 4.69) is 10.1 Å². The number of aromatic nitrogens is 2. The number of non-ortho nitro benzene ring substituents is 1. The minimum atomic E-state index is -0.447. The highest BCUT2D eigenvalue weighted by atomic mass is 16.6. The molecule has 6 heteroatoms. The van der Waals surface area contributed by atoms with Crippen LogP contribution in [0.25, 0.3) is 22.8 Å². The maximum absolute atomic E-state index is 10.6. The number of nitro groups is 1. The first kappa shape index (κ1) is 13.0. The molecule has 0 aliphatic heterocycles. The van der Waals surface area contributed by atoms with Gasteiger partial charge in [-0.2, -0.15) is 4.98 Å². The van der Waals surface area contributed by atoms with Gasteiger partial charge in [0.1, 0.15) is 0 Å². The predicted octanol–water partition coefficient (Wildman–Crippen LogP) is 3.62. The second-order valence-corrected chi connectivity index (χ2v) is 4.59. The van der Waals surface area contributed by atoms with Gasteiger partial charge >= 0.3 is 0 Å². The number of hydrogen-bond donors (Lipinski definition) is 0. The zero-order valence-electron chi connectivity index (χ0n) is 11.2. The summed E-state index contributed by atoms with van der Waals surface area (Å²) in [6, 6.07) is 13.8. The van der Waals surface area contributed by atoms with Gasteiger partial charge in [0.25, 0.3) is 11.6 Å². The van der Waals surface area contributed by atoms with Crippen molar-refractivity contribution in [2.75, 3.05) is 0 Å². The van der Waals surface area contributed by atoms with E-state index in [-0.39, 0.29) is 5.69 Å². The Kier molecular flexibility index (Phi) is 3.19. The van der Waals surface area contributed by atoms with Gasteiger partial charge in [-0.05, 0) is 31.2 Å². The van der Waals surface area contributed by atoms with Crippen molar-refractivity contribution in [2.24, 2.45) is 0 Å². The van der Waals surface area contributed by atoms with E-state index in [1.807, 2.05) is 31.2 Å². The summed E-state index contributed by atoms with van der Waals surface area (Å²) in [4.78, 5) is 14.5. The molecule has 0 fully saturated rings. The van der Waals surface area contributed by atoms with Gasteiger partial charge in [-0.15, -0.1) is 0 Å². The molecule has 2 aromatic carbocycles. The quantitative estimate of drug-likeness (QED) is 0.541. The number of hydrogen-bond acceptors (Lipinski definition) is 5. The minimum Gasteiger partial charge on any atom is -0.334 e. The molecule has 6 nitrogen and oxygen atoms in total. The van der Waals surface area contributed by atoms with Crippen LogP contribution in [0.15, 0.2) is 53.1 Å². The van der Waals surface area contributed by atoms with E-state index in [4.69, 9.17) is 4.52 Å². The van der Waals surface area contributed by atoms with Crippen molar-refractivity contribution in [1.82, 2.24) is 10.1 Å². The first-order valence-electron chi connectivity index (χ1n) is 6.29. The van der Waals surface area contributed by atoms with Gasteiger partial charge in [-0.25, -0.2) is 0 Å². The number of nitrogens with zero attached hydrogens (tertiary/aromatic N) is 3. The van der Waals surface area contributed by atoms with E-state index in [0.29, 0.717) is 17.3 Å². The van der Waals surface area contributed by atoms with Crippen molar-refractivity contribution in [3.8, 4) is 22.8 Å². The fraction of sp³-hybridized carbons (Fsp3) is 0.0667. The standard InChI is InChI=1S/C15H11N3O3/c1-10-2-4-12(5-3-10)15-16-14(17-21-15)11-6-8-13(9-7-11)18(19)20/h2-9H,1H3. The lowest BCUT2D eigenvalue weighted by Gasteiger charge is -1.95. The third-order valence-corrected chi connectivity index (χ3v) is 3.06. The molecule has 0 N–H and O–H groups in total. The van der Waals surface area contributed by atoms with E-state index in [9.17, 15) is 10.1 Å². The first-order valence-corrected chi connectivity index (χ1v) is 6.29. The number of rotatable bonds is 3. The van der Waals surface area contributed by atoms with Crippen LogP contribution < -0.4 is 0 Å². The Balaban J connectivity index is 1.90. The molecule has 1 heterocycles. The van der Waals surface area contributed by atoms with Crippen LogP contribution in [-0.2, 0) is 0 Å². The Morgan fingerprint density at radius 1 is 1.00 bits per heavy atom. The lowest BCUT2D eigenvalue weighted by atomic mass is 10.1. The molecule has 3 aromatic rings. The molecule has 0 radical (unpaired) electrons. The molecular weight excluding hydrogens is 270 g/mol. The van der Waals surface area contributed by atoms with Gasteiger partial charge < -0.3 is 4.52 Å². The van der Waals surface area contributed by atoms with E-state index < -0.39 is 4.92 Å². The number of nitro benzene ring substituents is 1. The molecule has 3 rings (SSSR count). The lowest BCUT2D eigenvalue weighted by molar-refractivity contribution is -0.384. The average Bonchev–Trinajstić information content (AvgIpc) is 2.98. The SMILES string of the molecule is Cc1ccc(-c2nc(-c3ccc([N+](=O)[O-])cc3)no2)cc1. The maximum atomic E-state index is 10.6. The molecule has 0 spiro atoms. The van der Waals surface area contributed by atoms with Gasteiger partial charge in [0.2, 0.25) is 5.82 Å². The van der Waals surface area contributed by atoms with Crippen molar-refractivity contribution >= 4 is 5.69 Å². The average molecular weight is 281 g/mol. The summed E-state index contributed by atoms with van der Waals surface area (Å²) in [7, 11) is 0. The van der Waals surface area contributed by atoms with Crippen molar-refractivity contribution in [1.29, 1.82) is 0 Å². The molecular formula is C15H11N3O3. The third-order valence-electron chi connectivity index (χ3n) is 3.06. The van der Waals surface area contributed by atoms with Gasteiger partial charge in [0.05, 0.1) is 4.92 Å². The van der Waals surface area contributed by atoms with E-state index in [1.54, 1.807) is 12.1 Å². The Morgan fingerprint density at radius 2 is 1.62 bits per heavy atom. The lowest BCUT2D eigenvalue weighted by Crippen LogP contribution is -1.87. The van der Waals surface area contributed by atoms with Crippen molar-refractivity contribution in [3.63, 3.8) is 0 Å². The zero-order chi connectivity index (χ0) is 14.8. The summed E-state index contributed by atoms with van der Waals surface area (Å²) < 4.78 is 5.23. The van der Waals surface area contributed by atoms with Gasteiger partial charge in [-0.3, -0.25) is 10.1 Å². The highest BCUT2D eigenvalue weighted by Crippen LogP contribution is 2.24. The Hall–Kier alpha value is -3.02. The van der Waals surface area contributed by atoms with Crippen LogP contribution in [0.1, 0.15) is 5.56 Å². The molecule has 0 bridgehead atoms. The van der Waals surface area contributed by atoms with E-state index >= 15 is 0 Å². The molecule has 0 aliphatic rings. The topological polar surface area (TPSA) is 82.1 Å². The van der Waals surface area contributed by atoms with Crippen LogP contribution >= 0.6 is 0 Å². The Morgan fingerprint density at radius 3 is 2.24 bits per heavy atom. The molecule has 104 valence electrons. The molecule has 0 saturated heterocycles. The maximum Gasteiger partial charge on any atom is 0.269 e. The van der Waals surface area contributed by atoms with Crippen LogP contribution in [-0.4, -0.2) is 15.1 Å². The van der Waals surface area contributed by atoms with Crippen molar-refractivity contribution in [3.05, 3.63) is 64.2 Å². The molecule has 0 aliphatic carbocycles. The molecule has 0 amide bonds. The second kappa shape index (κ2) is 5.16. The summed E-state index contributed by atoms with van der Waals surface area (Å²) >= 11 is 0. The fourth-order valence-corrected chi connectivity index (χ4v) is 1.89. The monoisotopic (exact) mass is 281 g/mol. The van der Waals surface area contributed by atoms with Crippen molar-refractivity contribution < 1.29 is 9.45 Å². The predicted molar refractivity (Wildman–Crippen MR) is 76.6 cm³/mol. The summed E-state index contributed by atoms with van der Waals surface area (Å²) in [6.07, 6.45) is 0. The molecule has 1 aromatic heterocycles. The van der Waals surface area contributed by atoms with Crippen LogP contribution in [0.4, 0.5) is 5.69 Å². The van der Waals surface area contributed by atoms with Gasteiger partial charge in [-0.1, -0.05) is 22.9 Å². The van der Waals surface area contributed by atoms with Gasteiger partial charge in [0, 0.05) is 23.3 Å². The highest BCUT2D eigenvalue weighted by Gasteiger charge is 2.12. The molecule has 0 saturated carbocycles. The molecule has 0 atom stereocenters. The van der Waals surface area contributed by atoms with E-state index in [1.165, 1.54) is 12.1 Å². The molecule has 21 heavy (non-hydrogen) atoms. The highest BCUT2D eigenvalue weighted by molar-refractivity contribution is 5.61. The van der Waals surface area contributed by atoms with Crippen LogP contribution in [0.5, 0.6) is 0 Å². The first-order chi connectivity index (χ1) is 10.1. The second-order valence-electron chi connectivity index (χ2n) is 4.59. The van der Waals surface area contributed by atoms with E-state index in [0.717, 1.165) is 11.1 Å². The Bertz CT molecular complexity index is 777. The van der Waals surface area contributed by atoms with Gasteiger partial charge in [0.15, 0.2) is 0 Å².